The predicted octanol–water partition coefficient (Wildman–Crippen LogP) is 3.31. The van der Waals surface area contributed by atoms with Crippen molar-refractivity contribution in [2.75, 3.05) is 21.3 Å². The van der Waals surface area contributed by atoms with Crippen LogP contribution in [0.3, 0.4) is 0 Å². The van der Waals surface area contributed by atoms with Gasteiger partial charge in [-0.05, 0) is 28.9 Å². The van der Waals surface area contributed by atoms with Gasteiger partial charge in [-0.3, -0.25) is 0 Å². The van der Waals surface area contributed by atoms with Crippen molar-refractivity contribution in [3.05, 3.63) is 21.9 Å². The molecule has 19 heavy (non-hydrogen) atoms. The van der Waals surface area contributed by atoms with E-state index in [2.05, 4.69) is 15.9 Å². The Balaban J connectivity index is 2.85. The molecule has 0 radical (unpaired) electrons. The Morgan fingerprint density at radius 1 is 1.26 bits per heavy atom. The average Bonchev–Trinajstić information content (AvgIpc) is 2.76. The summed E-state index contributed by atoms with van der Waals surface area (Å²) in [5.41, 5.74) is 1.14. The standard InChI is InChI=1S/C13H13BrO5/c1-6-9-7(14)5-8(16-2)11(17-3)12(9)19-10(6)13(15)18-4/h5H,1-4H3. The highest BCUT2D eigenvalue weighted by molar-refractivity contribution is 9.10. The van der Waals surface area contributed by atoms with Gasteiger partial charge in [-0.25, -0.2) is 4.79 Å². The van der Waals surface area contributed by atoms with Crippen LogP contribution in [0.25, 0.3) is 11.0 Å². The molecule has 1 aromatic heterocycles. The number of hydrogen-bond acceptors (Lipinski definition) is 5. The van der Waals surface area contributed by atoms with Gasteiger partial charge >= 0.3 is 5.97 Å². The molecule has 0 unspecified atom stereocenters. The topological polar surface area (TPSA) is 57.9 Å². The number of rotatable bonds is 3. The lowest BCUT2D eigenvalue weighted by Gasteiger charge is -2.08. The predicted molar refractivity (Wildman–Crippen MR) is 73.1 cm³/mol. The molecule has 0 amide bonds. The number of benzene rings is 1. The van der Waals surface area contributed by atoms with E-state index in [1.54, 1.807) is 13.0 Å². The number of esters is 1. The maximum atomic E-state index is 11.7. The molecule has 5 nitrogen and oxygen atoms in total. The van der Waals surface area contributed by atoms with E-state index in [0.717, 1.165) is 9.86 Å². The minimum absolute atomic E-state index is 0.157. The van der Waals surface area contributed by atoms with E-state index in [-0.39, 0.29) is 5.76 Å². The van der Waals surface area contributed by atoms with Crippen LogP contribution in [0.5, 0.6) is 11.5 Å². The highest BCUT2D eigenvalue weighted by Gasteiger charge is 2.24. The number of carbonyl (C=O) groups excluding carboxylic acids is 1. The van der Waals surface area contributed by atoms with Crippen molar-refractivity contribution < 1.29 is 23.4 Å². The molecule has 0 aliphatic rings. The van der Waals surface area contributed by atoms with Crippen molar-refractivity contribution in [3.63, 3.8) is 0 Å². The number of carbonyl (C=O) groups is 1. The van der Waals surface area contributed by atoms with Gasteiger partial charge < -0.3 is 18.6 Å². The molecule has 0 bridgehead atoms. The van der Waals surface area contributed by atoms with Crippen LogP contribution in [0.4, 0.5) is 0 Å². The quantitative estimate of drug-likeness (QED) is 0.809. The summed E-state index contributed by atoms with van der Waals surface area (Å²) in [6.07, 6.45) is 0. The van der Waals surface area contributed by atoms with E-state index in [9.17, 15) is 4.79 Å². The highest BCUT2D eigenvalue weighted by atomic mass is 79.9. The van der Waals surface area contributed by atoms with Gasteiger partial charge in [0.1, 0.15) is 0 Å². The number of fused-ring (bicyclic) bond motifs is 1. The van der Waals surface area contributed by atoms with Gasteiger partial charge in [0, 0.05) is 15.4 Å². The summed E-state index contributed by atoms with van der Waals surface area (Å²) >= 11 is 3.44. The summed E-state index contributed by atoms with van der Waals surface area (Å²) in [6.45, 7) is 1.79. The van der Waals surface area contributed by atoms with Crippen molar-refractivity contribution in [1.82, 2.24) is 0 Å². The molecule has 2 aromatic rings. The first-order valence-corrected chi connectivity index (χ1v) is 6.26. The van der Waals surface area contributed by atoms with Crippen molar-refractivity contribution in [1.29, 1.82) is 0 Å². The lowest BCUT2D eigenvalue weighted by atomic mass is 10.1. The van der Waals surface area contributed by atoms with E-state index in [1.807, 2.05) is 0 Å². The van der Waals surface area contributed by atoms with Crippen LogP contribution in [0, 0.1) is 6.92 Å². The molecule has 6 heteroatoms. The fourth-order valence-electron chi connectivity index (χ4n) is 1.96. The zero-order valence-corrected chi connectivity index (χ0v) is 12.6. The molecule has 0 saturated heterocycles. The molecule has 0 spiro atoms. The van der Waals surface area contributed by atoms with Gasteiger partial charge in [0.2, 0.25) is 11.5 Å². The minimum atomic E-state index is -0.526. The Bertz CT molecular complexity index is 644. The molecule has 0 aliphatic heterocycles. The normalized spacial score (nSPS) is 10.6. The maximum absolute atomic E-state index is 11.7. The molecule has 0 atom stereocenters. The monoisotopic (exact) mass is 328 g/mol. The first-order chi connectivity index (χ1) is 9.04. The SMILES string of the molecule is COC(=O)c1oc2c(OC)c(OC)cc(Br)c2c1C. The van der Waals surface area contributed by atoms with Crippen LogP contribution in [-0.2, 0) is 4.74 Å². The summed E-state index contributed by atoms with van der Waals surface area (Å²) in [4.78, 5) is 11.7. The fourth-order valence-corrected chi connectivity index (χ4v) is 2.64. The zero-order valence-electron chi connectivity index (χ0n) is 11.0. The minimum Gasteiger partial charge on any atom is -0.493 e. The number of furan rings is 1. The van der Waals surface area contributed by atoms with Crippen LogP contribution in [0.1, 0.15) is 16.1 Å². The molecule has 0 saturated carbocycles. The first kappa shape index (κ1) is 13.7. The van der Waals surface area contributed by atoms with E-state index < -0.39 is 5.97 Å². The third-order valence-corrected chi connectivity index (χ3v) is 3.49. The van der Waals surface area contributed by atoms with Gasteiger partial charge in [-0.1, -0.05) is 0 Å². The second-order valence-corrected chi connectivity index (χ2v) is 4.70. The average molecular weight is 329 g/mol. The Hall–Kier alpha value is -1.69. The van der Waals surface area contributed by atoms with Crippen molar-refractivity contribution in [2.45, 2.75) is 6.92 Å². The third kappa shape index (κ3) is 2.06. The smallest absolute Gasteiger partial charge is 0.374 e. The molecule has 1 aromatic carbocycles. The summed E-state index contributed by atoms with van der Waals surface area (Å²) in [7, 11) is 4.36. The number of aryl methyl sites for hydroxylation is 1. The van der Waals surface area contributed by atoms with E-state index in [4.69, 9.17) is 18.6 Å². The Kier molecular flexibility index (Phi) is 3.71. The van der Waals surface area contributed by atoms with Gasteiger partial charge in [0.05, 0.1) is 21.3 Å². The zero-order chi connectivity index (χ0) is 14.2. The Morgan fingerprint density at radius 3 is 2.47 bits per heavy atom. The largest absolute Gasteiger partial charge is 0.493 e. The van der Waals surface area contributed by atoms with Crippen LogP contribution in [0.2, 0.25) is 0 Å². The van der Waals surface area contributed by atoms with Crippen molar-refractivity contribution in [2.24, 2.45) is 0 Å². The molecular weight excluding hydrogens is 316 g/mol. The molecule has 0 fully saturated rings. The van der Waals surface area contributed by atoms with Gasteiger partial charge in [-0.15, -0.1) is 0 Å². The number of methoxy groups -OCH3 is 3. The first-order valence-electron chi connectivity index (χ1n) is 5.47. The summed E-state index contributed by atoms with van der Waals surface area (Å²) < 4.78 is 21.6. The number of halogens is 1. The summed E-state index contributed by atoms with van der Waals surface area (Å²) in [6, 6.07) is 1.77. The van der Waals surface area contributed by atoms with Crippen LogP contribution in [-0.4, -0.2) is 27.3 Å². The van der Waals surface area contributed by atoms with E-state index >= 15 is 0 Å². The molecule has 2 rings (SSSR count). The molecule has 102 valence electrons. The van der Waals surface area contributed by atoms with E-state index in [0.29, 0.717) is 22.6 Å². The number of ether oxygens (including phenoxy) is 3. The lowest BCUT2D eigenvalue weighted by Crippen LogP contribution is -2.00. The van der Waals surface area contributed by atoms with Crippen molar-refractivity contribution >= 4 is 32.9 Å². The van der Waals surface area contributed by atoms with Crippen LogP contribution in [0.15, 0.2) is 15.0 Å². The molecule has 0 aliphatic carbocycles. The maximum Gasteiger partial charge on any atom is 0.374 e. The lowest BCUT2D eigenvalue weighted by molar-refractivity contribution is 0.0566. The summed E-state index contributed by atoms with van der Waals surface area (Å²) in [5, 5.41) is 0.762. The second kappa shape index (κ2) is 5.13. The third-order valence-electron chi connectivity index (χ3n) is 2.87. The Labute approximate surface area is 118 Å². The summed E-state index contributed by atoms with van der Waals surface area (Å²) in [5.74, 6) is 0.595. The van der Waals surface area contributed by atoms with Gasteiger partial charge in [-0.2, -0.15) is 0 Å². The van der Waals surface area contributed by atoms with Crippen LogP contribution < -0.4 is 9.47 Å². The Morgan fingerprint density at radius 2 is 1.95 bits per heavy atom. The van der Waals surface area contributed by atoms with Gasteiger partial charge in [0.15, 0.2) is 11.3 Å². The fraction of sp³-hybridized carbons (Fsp3) is 0.308. The second-order valence-electron chi connectivity index (χ2n) is 3.85. The van der Waals surface area contributed by atoms with E-state index in [1.165, 1.54) is 21.3 Å². The molecule has 1 heterocycles. The number of hydrogen-bond donors (Lipinski definition) is 0. The molecular formula is C13H13BrO5. The van der Waals surface area contributed by atoms with Gasteiger partial charge in [0.25, 0.3) is 0 Å². The highest BCUT2D eigenvalue weighted by Crippen LogP contribution is 2.43. The van der Waals surface area contributed by atoms with Crippen LogP contribution >= 0.6 is 15.9 Å². The molecule has 0 N–H and O–H groups in total. The van der Waals surface area contributed by atoms with Crippen molar-refractivity contribution in [3.8, 4) is 11.5 Å².